The van der Waals surface area contributed by atoms with Gasteiger partial charge in [0.15, 0.2) is 9.84 Å². The Balaban J connectivity index is 2.35. The third kappa shape index (κ3) is 4.68. The van der Waals surface area contributed by atoms with E-state index in [4.69, 9.17) is 11.6 Å². The average molecular weight is 659 g/mol. The number of hydrogen-bond acceptors (Lipinski definition) is 5. The molecule has 0 fully saturated rings. The van der Waals surface area contributed by atoms with Gasteiger partial charge in [-0.15, -0.1) is 0 Å². The molecule has 1 N–H and O–H groups in total. The summed E-state index contributed by atoms with van der Waals surface area (Å²) in [7, 11) is -3.83. The van der Waals surface area contributed by atoms with Gasteiger partial charge in [0.2, 0.25) is 0 Å². The molecule has 0 radical (unpaired) electrons. The van der Waals surface area contributed by atoms with Gasteiger partial charge in [0.25, 0.3) is 5.56 Å². The molecule has 0 aliphatic rings. The molecule has 1 aromatic heterocycles. The van der Waals surface area contributed by atoms with Crippen LogP contribution in [0.3, 0.4) is 0 Å². The molecule has 0 aliphatic heterocycles. The van der Waals surface area contributed by atoms with Crippen molar-refractivity contribution in [1.82, 2.24) is 9.66 Å². The van der Waals surface area contributed by atoms with E-state index >= 15 is 0 Å². The van der Waals surface area contributed by atoms with Crippen LogP contribution in [0.25, 0.3) is 10.9 Å². The van der Waals surface area contributed by atoms with Gasteiger partial charge >= 0.3 is 6.09 Å². The quantitative estimate of drug-likeness (QED) is 0.371. The maximum Gasteiger partial charge on any atom is 0.431 e. The maximum absolute atomic E-state index is 13.2. The number of halogens is 4. The minimum absolute atomic E-state index is 0.103. The molecule has 8 nitrogen and oxygen atoms in total. The Kier molecular flexibility index (Phi) is 7.16. The van der Waals surface area contributed by atoms with E-state index in [9.17, 15) is 23.1 Å². The monoisotopic (exact) mass is 655 g/mol. The SMILES string of the molecule is CCS(=O)(=O)c1ccc(Cl)cc1N(C(=O)O)n1cnc2cc(Br)c(C(Br)Br)cc2c1=O. The molecule has 1 heterocycles. The van der Waals surface area contributed by atoms with Gasteiger partial charge in [-0.1, -0.05) is 66.3 Å². The molecule has 0 aliphatic carbocycles. The molecule has 13 heteroatoms. The predicted molar refractivity (Wildman–Crippen MR) is 129 cm³/mol. The molecule has 3 rings (SSSR count). The Bertz CT molecular complexity index is 1360. The van der Waals surface area contributed by atoms with Crippen molar-refractivity contribution >= 4 is 91.9 Å². The molecule has 0 spiro atoms. The van der Waals surface area contributed by atoms with Gasteiger partial charge in [-0.2, -0.15) is 9.69 Å². The first-order valence-corrected chi connectivity index (χ1v) is 13.2. The third-order valence-electron chi connectivity index (χ3n) is 4.36. The molecule has 0 unspecified atom stereocenters. The fraction of sp³-hybridized carbons (Fsp3) is 0.167. The first kappa shape index (κ1) is 24.2. The molecule has 3 aromatic rings. The average Bonchev–Trinajstić information content (AvgIpc) is 2.69. The van der Waals surface area contributed by atoms with Crippen LogP contribution in [0, 0.1) is 0 Å². The molecule has 0 saturated carbocycles. The van der Waals surface area contributed by atoms with Crippen LogP contribution < -0.4 is 10.6 Å². The van der Waals surface area contributed by atoms with Crippen LogP contribution >= 0.6 is 59.4 Å². The standard InChI is InChI=1S/C18H13Br3ClN3O5S/c1-2-31(29,30)15-4-3-9(22)5-14(15)25(18(27)28)24-8-23-13-7-12(19)10(16(20)21)6-11(13)17(24)26/h3-8,16H,2H2,1H3,(H,27,28). The van der Waals surface area contributed by atoms with Crippen molar-refractivity contribution in [1.29, 1.82) is 0 Å². The zero-order valence-corrected chi connectivity index (χ0v) is 21.9. The zero-order valence-electron chi connectivity index (χ0n) is 15.6. The number of carbonyl (C=O) groups is 1. The number of hydrogen-bond donors (Lipinski definition) is 1. The number of benzene rings is 2. The van der Waals surface area contributed by atoms with Crippen LogP contribution in [0.2, 0.25) is 5.02 Å². The summed E-state index contributed by atoms with van der Waals surface area (Å²) in [5.74, 6) is -0.269. The number of alkyl halides is 2. The molecule has 0 saturated heterocycles. The highest BCUT2D eigenvalue weighted by Gasteiger charge is 2.28. The lowest BCUT2D eigenvalue weighted by Crippen LogP contribution is -2.43. The van der Waals surface area contributed by atoms with Crippen molar-refractivity contribution in [2.75, 3.05) is 10.8 Å². The fourth-order valence-corrected chi connectivity index (χ4v) is 5.99. The minimum atomic E-state index is -3.83. The number of anilines is 1. The highest BCUT2D eigenvalue weighted by Crippen LogP contribution is 2.36. The van der Waals surface area contributed by atoms with Crippen molar-refractivity contribution in [2.45, 2.75) is 15.6 Å². The summed E-state index contributed by atoms with van der Waals surface area (Å²) in [5.41, 5.74) is 0.0290. The summed E-state index contributed by atoms with van der Waals surface area (Å²) < 4.78 is 26.3. The molecule has 0 atom stereocenters. The summed E-state index contributed by atoms with van der Waals surface area (Å²) in [6.07, 6.45) is -0.567. The van der Waals surface area contributed by atoms with E-state index in [0.717, 1.165) is 11.0 Å². The van der Waals surface area contributed by atoms with Crippen molar-refractivity contribution in [3.05, 3.63) is 62.1 Å². The van der Waals surface area contributed by atoms with Gasteiger partial charge in [-0.3, -0.25) is 4.79 Å². The van der Waals surface area contributed by atoms with E-state index in [1.54, 1.807) is 12.1 Å². The molecular formula is C18H13Br3ClN3O5S. The number of amides is 1. The highest BCUT2D eigenvalue weighted by atomic mass is 79.9. The Morgan fingerprint density at radius 1 is 1.29 bits per heavy atom. The predicted octanol–water partition coefficient (Wildman–Crippen LogP) is 5.34. The second-order valence-corrected chi connectivity index (χ2v) is 12.8. The van der Waals surface area contributed by atoms with Crippen molar-refractivity contribution in [3.8, 4) is 0 Å². The van der Waals surface area contributed by atoms with Gasteiger partial charge in [-0.05, 0) is 35.9 Å². The van der Waals surface area contributed by atoms with E-state index < -0.39 is 21.5 Å². The smallest absolute Gasteiger partial charge is 0.431 e. The van der Waals surface area contributed by atoms with Crippen LogP contribution in [0.15, 0.2) is 50.8 Å². The van der Waals surface area contributed by atoms with E-state index in [1.807, 2.05) is 0 Å². The lowest BCUT2D eigenvalue weighted by molar-refractivity contribution is 0.198. The maximum atomic E-state index is 13.2. The lowest BCUT2D eigenvalue weighted by atomic mass is 10.2. The first-order valence-electron chi connectivity index (χ1n) is 8.52. The van der Waals surface area contributed by atoms with Gasteiger partial charge in [0.05, 0.1) is 31.0 Å². The highest BCUT2D eigenvalue weighted by molar-refractivity contribution is 9.24. The topological polar surface area (TPSA) is 110 Å². The summed E-state index contributed by atoms with van der Waals surface area (Å²) in [5, 5.41) is 10.7. The summed E-state index contributed by atoms with van der Waals surface area (Å²) in [4.78, 5) is 29.3. The third-order valence-corrected chi connectivity index (χ3v) is 8.04. The summed E-state index contributed by atoms with van der Waals surface area (Å²) in [6.45, 7) is 1.43. The van der Waals surface area contributed by atoms with Gasteiger partial charge in [0, 0.05) is 9.50 Å². The van der Waals surface area contributed by atoms with Crippen LogP contribution in [-0.2, 0) is 9.84 Å². The molecule has 164 valence electrons. The number of sulfone groups is 1. The largest absolute Gasteiger partial charge is 0.463 e. The second kappa shape index (κ2) is 9.18. The lowest BCUT2D eigenvalue weighted by Gasteiger charge is -2.23. The van der Waals surface area contributed by atoms with Gasteiger partial charge in [0.1, 0.15) is 6.33 Å². The van der Waals surface area contributed by atoms with E-state index in [2.05, 4.69) is 52.8 Å². The van der Waals surface area contributed by atoms with Crippen LogP contribution in [0.5, 0.6) is 0 Å². The number of aromatic nitrogens is 2. The molecular weight excluding hydrogens is 645 g/mol. The summed E-state index contributed by atoms with van der Waals surface area (Å²) in [6, 6.07) is 6.91. The Morgan fingerprint density at radius 3 is 2.55 bits per heavy atom. The number of nitrogens with zero attached hydrogens (tertiary/aromatic N) is 3. The number of fused-ring (bicyclic) bond motifs is 1. The van der Waals surface area contributed by atoms with Gasteiger partial charge in [-0.25, -0.2) is 18.2 Å². The fourth-order valence-electron chi connectivity index (χ4n) is 2.85. The van der Waals surface area contributed by atoms with E-state index in [1.165, 1.54) is 25.1 Å². The van der Waals surface area contributed by atoms with E-state index in [-0.39, 0.29) is 30.5 Å². The Labute approximate surface area is 207 Å². The van der Waals surface area contributed by atoms with E-state index in [0.29, 0.717) is 20.6 Å². The van der Waals surface area contributed by atoms with Crippen molar-refractivity contribution in [2.24, 2.45) is 0 Å². The molecule has 31 heavy (non-hydrogen) atoms. The molecule has 1 amide bonds. The second-order valence-electron chi connectivity index (χ2n) is 6.20. The van der Waals surface area contributed by atoms with Crippen molar-refractivity contribution in [3.63, 3.8) is 0 Å². The Morgan fingerprint density at radius 2 is 1.97 bits per heavy atom. The molecule has 0 bridgehead atoms. The van der Waals surface area contributed by atoms with Gasteiger partial charge < -0.3 is 5.11 Å². The Hall–Kier alpha value is -1.47. The van der Waals surface area contributed by atoms with Crippen LogP contribution in [0.4, 0.5) is 10.5 Å². The van der Waals surface area contributed by atoms with Crippen molar-refractivity contribution < 1.29 is 18.3 Å². The minimum Gasteiger partial charge on any atom is -0.463 e. The molecule has 2 aromatic carbocycles. The zero-order chi connectivity index (χ0) is 23.1. The normalized spacial score (nSPS) is 11.8. The number of rotatable bonds is 5. The summed E-state index contributed by atoms with van der Waals surface area (Å²) >= 11 is 16.2. The van der Waals surface area contributed by atoms with Crippen LogP contribution in [0.1, 0.15) is 16.2 Å². The van der Waals surface area contributed by atoms with Crippen LogP contribution in [-0.4, -0.2) is 35.0 Å². The number of carboxylic acid groups (broad SMARTS) is 1. The first-order chi connectivity index (χ1) is 14.5.